The molecule has 32 heavy (non-hydrogen) atoms. The van der Waals surface area contributed by atoms with E-state index in [0.717, 1.165) is 22.9 Å². The van der Waals surface area contributed by atoms with Gasteiger partial charge in [-0.25, -0.2) is 8.78 Å². The lowest BCUT2D eigenvalue weighted by Crippen LogP contribution is -2.35. The van der Waals surface area contributed by atoms with Gasteiger partial charge < -0.3 is 14.7 Å². The third-order valence-electron chi connectivity index (χ3n) is 6.45. The molecule has 2 heterocycles. The van der Waals surface area contributed by atoms with Crippen LogP contribution in [0.2, 0.25) is 0 Å². The Kier molecular flexibility index (Phi) is 4.97. The van der Waals surface area contributed by atoms with E-state index < -0.39 is 23.8 Å². The number of benzene rings is 2. The van der Waals surface area contributed by atoms with Gasteiger partial charge in [0.15, 0.2) is 0 Å². The lowest BCUT2D eigenvalue weighted by atomic mass is 10.00. The molecule has 6 nitrogen and oxygen atoms in total. The first-order valence-electron chi connectivity index (χ1n) is 10.5. The molecule has 2 aliphatic rings. The molecule has 8 heteroatoms. The number of amides is 1. The lowest BCUT2D eigenvalue weighted by molar-refractivity contribution is -0.129. The normalized spacial score (nSPS) is 19.6. The fourth-order valence-electron chi connectivity index (χ4n) is 4.85. The number of carbonyl (C=O) groups is 1. The molecule has 0 bridgehead atoms. The topological polar surface area (TPSA) is 67.6 Å². The van der Waals surface area contributed by atoms with Crippen molar-refractivity contribution in [2.45, 2.75) is 38.5 Å². The Bertz CT molecular complexity index is 1210. The number of aromatic nitrogens is 2. The summed E-state index contributed by atoms with van der Waals surface area (Å²) in [5, 5.41) is 15.7. The van der Waals surface area contributed by atoms with E-state index in [9.17, 15) is 18.7 Å². The van der Waals surface area contributed by atoms with Gasteiger partial charge in [0, 0.05) is 55.7 Å². The summed E-state index contributed by atoms with van der Waals surface area (Å²) in [4.78, 5) is 13.8. The summed E-state index contributed by atoms with van der Waals surface area (Å²) in [6.07, 6.45) is -0.299. The zero-order chi connectivity index (χ0) is 22.6. The maximum atomic E-state index is 14.4. The van der Waals surface area contributed by atoms with Gasteiger partial charge in [0.05, 0.1) is 18.9 Å². The lowest BCUT2D eigenvalue weighted by Gasteiger charge is -2.28. The minimum absolute atomic E-state index is 0.0283. The Morgan fingerprint density at radius 1 is 1.19 bits per heavy atom. The number of hydrogen-bond acceptors (Lipinski definition) is 4. The van der Waals surface area contributed by atoms with Crippen LogP contribution in [0.1, 0.15) is 35.3 Å². The summed E-state index contributed by atoms with van der Waals surface area (Å²) < 4.78 is 35.4. The van der Waals surface area contributed by atoms with Crippen molar-refractivity contribution >= 4 is 5.91 Å². The first-order valence-corrected chi connectivity index (χ1v) is 10.5. The molecular weight excluding hydrogens is 416 g/mol. The minimum atomic E-state index is -0.931. The number of nitrogens with zero attached hydrogens (tertiary/aromatic N) is 3. The van der Waals surface area contributed by atoms with Gasteiger partial charge in [0.25, 0.3) is 0 Å². The average Bonchev–Trinajstić information content (AvgIpc) is 3.30. The highest BCUT2D eigenvalue weighted by molar-refractivity contribution is 5.74. The smallest absolute Gasteiger partial charge is 0.219 e. The number of rotatable bonds is 3. The Balaban J connectivity index is 1.67. The molecule has 1 aliphatic heterocycles. The largest absolute Gasteiger partial charge is 0.497 e. The van der Waals surface area contributed by atoms with E-state index in [1.54, 1.807) is 16.7 Å². The molecule has 1 aromatic heterocycles. The van der Waals surface area contributed by atoms with E-state index in [1.165, 1.54) is 13.0 Å². The molecule has 0 saturated carbocycles. The van der Waals surface area contributed by atoms with Crippen LogP contribution in [-0.2, 0) is 24.2 Å². The number of carbonyl (C=O) groups excluding carboxylic acids is 1. The summed E-state index contributed by atoms with van der Waals surface area (Å²) >= 11 is 0. The van der Waals surface area contributed by atoms with E-state index in [2.05, 4.69) is 0 Å². The van der Waals surface area contributed by atoms with Gasteiger partial charge in [-0.05, 0) is 41.5 Å². The maximum Gasteiger partial charge on any atom is 0.219 e. The van der Waals surface area contributed by atoms with Crippen LogP contribution in [0.3, 0.4) is 0 Å². The predicted octanol–water partition coefficient (Wildman–Crippen LogP) is 3.25. The zero-order valence-electron chi connectivity index (χ0n) is 17.8. The van der Waals surface area contributed by atoms with Crippen molar-refractivity contribution in [3.63, 3.8) is 0 Å². The molecule has 2 atom stereocenters. The fraction of sp³-hybridized carbons (Fsp3) is 0.333. The van der Waals surface area contributed by atoms with Crippen LogP contribution in [0, 0.1) is 11.6 Å². The molecule has 0 fully saturated rings. The Hall–Kier alpha value is -3.26. The molecule has 5 rings (SSSR count). The zero-order valence-corrected chi connectivity index (χ0v) is 17.8. The average molecular weight is 439 g/mol. The van der Waals surface area contributed by atoms with Crippen LogP contribution >= 0.6 is 0 Å². The summed E-state index contributed by atoms with van der Waals surface area (Å²) in [6.45, 7) is 2.44. The van der Waals surface area contributed by atoms with Crippen molar-refractivity contribution in [2.75, 3.05) is 13.7 Å². The second-order valence-corrected chi connectivity index (χ2v) is 8.31. The number of aliphatic hydroxyl groups is 1. The Labute approximate surface area is 184 Å². The van der Waals surface area contributed by atoms with Crippen molar-refractivity contribution in [1.82, 2.24) is 14.7 Å². The Morgan fingerprint density at radius 2 is 1.94 bits per heavy atom. The molecule has 0 unspecified atom stereocenters. The van der Waals surface area contributed by atoms with Crippen molar-refractivity contribution in [2.24, 2.45) is 0 Å². The van der Waals surface area contributed by atoms with Gasteiger partial charge in [-0.1, -0.05) is 0 Å². The quantitative estimate of drug-likeness (QED) is 0.681. The summed E-state index contributed by atoms with van der Waals surface area (Å²) in [5.74, 6) is -0.654. The maximum absolute atomic E-state index is 14.4. The first kappa shape index (κ1) is 20.6. The molecule has 166 valence electrons. The number of hydrogen-bond donors (Lipinski definition) is 1. The minimum Gasteiger partial charge on any atom is -0.497 e. The molecule has 0 spiro atoms. The second-order valence-electron chi connectivity index (χ2n) is 8.31. The van der Waals surface area contributed by atoms with Gasteiger partial charge in [0.1, 0.15) is 23.4 Å². The molecule has 0 saturated heterocycles. The fourth-order valence-corrected chi connectivity index (χ4v) is 4.85. The number of ether oxygens (including phenoxy) is 1. The van der Waals surface area contributed by atoms with E-state index in [1.807, 2.05) is 24.3 Å². The van der Waals surface area contributed by atoms with Crippen molar-refractivity contribution in [3.8, 4) is 17.0 Å². The van der Waals surface area contributed by atoms with E-state index in [4.69, 9.17) is 9.84 Å². The molecule has 1 N–H and O–H groups in total. The summed E-state index contributed by atoms with van der Waals surface area (Å²) in [5.41, 5.74) is 4.01. The van der Waals surface area contributed by atoms with E-state index in [0.29, 0.717) is 42.1 Å². The summed E-state index contributed by atoms with van der Waals surface area (Å²) in [7, 11) is 1.59. The monoisotopic (exact) mass is 439 g/mol. The number of aliphatic hydroxyl groups excluding tert-OH is 1. The van der Waals surface area contributed by atoms with Crippen LogP contribution in [0.15, 0.2) is 36.4 Å². The highest BCUT2D eigenvalue weighted by Gasteiger charge is 2.39. The van der Waals surface area contributed by atoms with Gasteiger partial charge >= 0.3 is 0 Å². The molecule has 1 aliphatic carbocycles. The van der Waals surface area contributed by atoms with Gasteiger partial charge in [0.2, 0.25) is 5.91 Å². The highest BCUT2D eigenvalue weighted by atomic mass is 19.1. The number of fused-ring (bicyclic) bond motifs is 2. The van der Waals surface area contributed by atoms with Crippen molar-refractivity contribution < 1.29 is 23.4 Å². The van der Waals surface area contributed by atoms with Crippen LogP contribution in [-0.4, -0.2) is 45.5 Å². The predicted molar refractivity (Wildman–Crippen MR) is 113 cm³/mol. The van der Waals surface area contributed by atoms with E-state index >= 15 is 0 Å². The standard InChI is InChI=1S/C24H23F2N3O3/c1-13(30)28-8-7-21-19(12-28)23(14-3-5-16(32-2)6-4-14)27-29(21)24-18-9-15(25)10-20(26)17(18)11-22(24)31/h3-6,9-10,22,24,31H,7-8,11-12H2,1-2H3/t22-,24+/m0/s1. The van der Waals surface area contributed by atoms with Gasteiger partial charge in [-0.3, -0.25) is 9.48 Å². The van der Waals surface area contributed by atoms with Crippen LogP contribution in [0.25, 0.3) is 11.3 Å². The summed E-state index contributed by atoms with van der Waals surface area (Å²) in [6, 6.07) is 8.87. The highest BCUT2D eigenvalue weighted by Crippen LogP contribution is 2.40. The molecule has 0 radical (unpaired) electrons. The van der Waals surface area contributed by atoms with Crippen molar-refractivity contribution in [3.05, 3.63) is 70.4 Å². The van der Waals surface area contributed by atoms with Gasteiger partial charge in [-0.2, -0.15) is 5.10 Å². The number of halogens is 2. The van der Waals surface area contributed by atoms with Crippen LogP contribution < -0.4 is 4.74 Å². The third kappa shape index (κ3) is 3.26. The molecule has 3 aromatic rings. The van der Waals surface area contributed by atoms with Crippen LogP contribution in [0.5, 0.6) is 5.75 Å². The molecule has 2 aromatic carbocycles. The van der Waals surface area contributed by atoms with E-state index in [-0.39, 0.29) is 12.3 Å². The van der Waals surface area contributed by atoms with Crippen molar-refractivity contribution in [1.29, 1.82) is 0 Å². The number of methoxy groups -OCH3 is 1. The SMILES string of the molecule is COc1ccc(-c2nn([C@@H]3c4cc(F)cc(F)c4C[C@@H]3O)c3c2CN(C(C)=O)CC3)cc1. The Morgan fingerprint density at radius 3 is 2.62 bits per heavy atom. The van der Waals surface area contributed by atoms with Crippen LogP contribution in [0.4, 0.5) is 8.78 Å². The molecule has 1 amide bonds. The second kappa shape index (κ2) is 7.70. The first-order chi connectivity index (χ1) is 15.4. The third-order valence-corrected chi connectivity index (χ3v) is 6.45. The molecular formula is C24H23F2N3O3. The van der Waals surface area contributed by atoms with Gasteiger partial charge in [-0.15, -0.1) is 0 Å².